The number of carbonyl (C=O) groups excluding carboxylic acids is 3. The van der Waals surface area contributed by atoms with Crippen LogP contribution < -0.4 is 10.6 Å². The summed E-state index contributed by atoms with van der Waals surface area (Å²) < 4.78 is 0. The zero-order chi connectivity index (χ0) is 25.5. The van der Waals surface area contributed by atoms with E-state index in [-0.39, 0.29) is 35.7 Å². The van der Waals surface area contributed by atoms with Gasteiger partial charge in [-0.3, -0.25) is 14.4 Å². The van der Waals surface area contributed by atoms with E-state index in [0.29, 0.717) is 34.4 Å². The summed E-state index contributed by atoms with van der Waals surface area (Å²) in [5.74, 6) is -0.895. The van der Waals surface area contributed by atoms with E-state index in [9.17, 15) is 14.4 Å². The van der Waals surface area contributed by atoms with E-state index in [1.807, 2.05) is 39.0 Å². The molecule has 1 aromatic heterocycles. The first-order valence-corrected chi connectivity index (χ1v) is 12.7. The molecule has 3 aromatic rings. The van der Waals surface area contributed by atoms with Crippen molar-refractivity contribution in [2.24, 2.45) is 0 Å². The highest BCUT2D eigenvalue weighted by Gasteiger charge is 2.20. The number of carbonyl (C=O) groups is 3. The summed E-state index contributed by atoms with van der Waals surface area (Å²) in [7, 11) is 0. The molecule has 0 radical (unpaired) electrons. The summed E-state index contributed by atoms with van der Waals surface area (Å²) in [5.41, 5.74) is 3.87. The van der Waals surface area contributed by atoms with E-state index in [2.05, 4.69) is 15.6 Å². The van der Waals surface area contributed by atoms with Gasteiger partial charge in [0, 0.05) is 23.2 Å². The molecule has 0 spiro atoms. The number of benzene rings is 2. The molecule has 0 aliphatic heterocycles. The highest BCUT2D eigenvalue weighted by molar-refractivity contribution is 7.13. The minimum Gasteiger partial charge on any atom is -0.329 e. The summed E-state index contributed by atoms with van der Waals surface area (Å²) in [6.45, 7) is 6.17. The van der Waals surface area contributed by atoms with Crippen LogP contribution in [0.2, 0.25) is 10.0 Å². The van der Waals surface area contributed by atoms with Crippen LogP contribution >= 0.6 is 34.5 Å². The van der Waals surface area contributed by atoms with Gasteiger partial charge in [0.1, 0.15) is 6.54 Å². The van der Waals surface area contributed by atoms with E-state index in [0.717, 1.165) is 16.8 Å². The molecule has 35 heavy (non-hydrogen) atoms. The molecule has 1 heterocycles. The summed E-state index contributed by atoms with van der Waals surface area (Å²) in [4.78, 5) is 43.7. The summed E-state index contributed by atoms with van der Waals surface area (Å²) in [6, 6.07) is 10.3. The molecule has 10 heteroatoms. The smallest absolute Gasteiger partial charge is 0.254 e. The van der Waals surface area contributed by atoms with Crippen LogP contribution in [0.3, 0.4) is 0 Å². The lowest BCUT2D eigenvalue weighted by Gasteiger charge is -2.21. The molecular formula is C25H26Cl2N4O3S. The van der Waals surface area contributed by atoms with Crippen molar-refractivity contribution >= 4 is 63.1 Å². The highest BCUT2D eigenvalue weighted by Crippen LogP contribution is 2.23. The lowest BCUT2D eigenvalue weighted by molar-refractivity contribution is -0.117. The Balaban J connectivity index is 1.57. The molecule has 0 unspecified atom stereocenters. The number of hydrogen-bond acceptors (Lipinski definition) is 5. The molecule has 0 fully saturated rings. The SMILES string of the molecule is CCCN(CC(=O)Nc1nc(CC(=O)Nc2ccc(C)c(C)c2)cs1)C(=O)c1ccc(Cl)c(Cl)c1. The molecule has 2 aromatic carbocycles. The fourth-order valence-electron chi connectivity index (χ4n) is 3.30. The molecule has 3 rings (SSSR count). The second-order valence-electron chi connectivity index (χ2n) is 8.07. The minimum absolute atomic E-state index is 0.0804. The number of amides is 3. The van der Waals surface area contributed by atoms with Gasteiger partial charge in [-0.15, -0.1) is 11.3 Å². The van der Waals surface area contributed by atoms with Crippen molar-refractivity contribution in [3.63, 3.8) is 0 Å². The van der Waals surface area contributed by atoms with E-state index in [1.54, 1.807) is 17.5 Å². The predicted molar refractivity (Wildman–Crippen MR) is 142 cm³/mol. The Labute approximate surface area is 218 Å². The molecule has 7 nitrogen and oxygen atoms in total. The number of halogens is 2. The predicted octanol–water partition coefficient (Wildman–Crippen LogP) is 5.74. The third-order valence-electron chi connectivity index (χ3n) is 5.21. The molecule has 0 saturated carbocycles. The number of rotatable bonds is 9. The lowest BCUT2D eigenvalue weighted by Crippen LogP contribution is -2.38. The van der Waals surface area contributed by atoms with Crippen LogP contribution in [0.4, 0.5) is 10.8 Å². The standard InChI is InChI=1S/C25H26Cl2N4O3S/c1-4-9-31(24(34)17-6-8-20(26)21(27)11-17)13-23(33)30-25-29-19(14-35-25)12-22(32)28-18-7-5-15(2)16(3)10-18/h5-8,10-11,14H,4,9,12-13H2,1-3H3,(H,28,32)(H,29,30,33). The van der Waals surface area contributed by atoms with Crippen molar-refractivity contribution in [1.82, 2.24) is 9.88 Å². The number of thiazole rings is 1. The molecule has 184 valence electrons. The topological polar surface area (TPSA) is 91.4 Å². The van der Waals surface area contributed by atoms with Gasteiger partial charge in [-0.2, -0.15) is 0 Å². The van der Waals surface area contributed by atoms with Crippen molar-refractivity contribution in [3.05, 3.63) is 74.2 Å². The molecule has 3 amide bonds. The number of aromatic nitrogens is 1. The first kappa shape index (κ1) is 26.7. The van der Waals surface area contributed by atoms with Gasteiger partial charge < -0.3 is 15.5 Å². The Hall–Kier alpha value is -2.94. The van der Waals surface area contributed by atoms with Crippen molar-refractivity contribution in [2.45, 2.75) is 33.6 Å². The lowest BCUT2D eigenvalue weighted by atomic mass is 10.1. The number of hydrogen-bond donors (Lipinski definition) is 2. The zero-order valence-electron chi connectivity index (χ0n) is 19.7. The maximum absolute atomic E-state index is 12.9. The molecule has 0 aliphatic rings. The van der Waals surface area contributed by atoms with E-state index >= 15 is 0 Å². The van der Waals surface area contributed by atoms with Crippen LogP contribution in [-0.4, -0.2) is 40.7 Å². The van der Waals surface area contributed by atoms with Crippen LogP contribution in [0.1, 0.15) is 40.5 Å². The van der Waals surface area contributed by atoms with Crippen LogP contribution in [-0.2, 0) is 16.0 Å². The first-order chi connectivity index (χ1) is 16.7. The van der Waals surface area contributed by atoms with Crippen molar-refractivity contribution in [3.8, 4) is 0 Å². The van der Waals surface area contributed by atoms with E-state index in [1.165, 1.54) is 22.3 Å². The fourth-order valence-corrected chi connectivity index (χ4v) is 4.33. The largest absolute Gasteiger partial charge is 0.329 e. The molecule has 2 N–H and O–H groups in total. The Morgan fingerprint density at radius 1 is 0.971 bits per heavy atom. The molecular weight excluding hydrogens is 507 g/mol. The Morgan fingerprint density at radius 2 is 1.74 bits per heavy atom. The van der Waals surface area contributed by atoms with Gasteiger partial charge in [0.2, 0.25) is 11.8 Å². The third-order valence-corrected chi connectivity index (χ3v) is 6.76. The van der Waals surface area contributed by atoms with Gasteiger partial charge in [-0.1, -0.05) is 36.2 Å². The molecule has 0 aliphatic carbocycles. The summed E-state index contributed by atoms with van der Waals surface area (Å²) >= 11 is 13.2. The van der Waals surface area contributed by atoms with Gasteiger partial charge in [-0.05, 0) is 61.7 Å². The van der Waals surface area contributed by atoms with Crippen molar-refractivity contribution in [2.75, 3.05) is 23.7 Å². The van der Waals surface area contributed by atoms with Gasteiger partial charge in [-0.25, -0.2) is 4.98 Å². The third kappa shape index (κ3) is 7.52. The Morgan fingerprint density at radius 3 is 2.43 bits per heavy atom. The van der Waals surface area contributed by atoms with Gasteiger partial charge in [0.15, 0.2) is 5.13 Å². The number of anilines is 2. The Bertz CT molecular complexity index is 1250. The first-order valence-electron chi connectivity index (χ1n) is 11.0. The van der Waals surface area contributed by atoms with Gasteiger partial charge in [0.25, 0.3) is 5.91 Å². The number of aryl methyl sites for hydroxylation is 2. The fraction of sp³-hybridized carbons (Fsp3) is 0.280. The minimum atomic E-state index is -0.382. The zero-order valence-corrected chi connectivity index (χ0v) is 22.0. The summed E-state index contributed by atoms with van der Waals surface area (Å²) in [6.07, 6.45) is 0.758. The van der Waals surface area contributed by atoms with E-state index in [4.69, 9.17) is 23.2 Å². The Kier molecular flexibility index (Phi) is 9.26. The normalized spacial score (nSPS) is 10.7. The van der Waals surface area contributed by atoms with Crippen LogP contribution in [0.15, 0.2) is 41.8 Å². The number of nitrogens with one attached hydrogen (secondary N) is 2. The van der Waals surface area contributed by atoms with Gasteiger partial charge in [0.05, 0.1) is 22.2 Å². The second-order valence-corrected chi connectivity index (χ2v) is 9.74. The quantitative estimate of drug-likeness (QED) is 0.367. The average Bonchev–Trinajstić information content (AvgIpc) is 3.23. The summed E-state index contributed by atoms with van der Waals surface area (Å²) in [5, 5.41) is 8.28. The maximum Gasteiger partial charge on any atom is 0.254 e. The molecule has 0 saturated heterocycles. The van der Waals surface area contributed by atoms with Crippen LogP contribution in [0, 0.1) is 13.8 Å². The number of nitrogens with zero attached hydrogens (tertiary/aromatic N) is 2. The van der Waals surface area contributed by atoms with Gasteiger partial charge >= 0.3 is 0 Å². The average molecular weight is 533 g/mol. The van der Waals surface area contributed by atoms with Crippen LogP contribution in [0.25, 0.3) is 0 Å². The highest BCUT2D eigenvalue weighted by atomic mass is 35.5. The second kappa shape index (κ2) is 12.2. The van der Waals surface area contributed by atoms with Crippen LogP contribution in [0.5, 0.6) is 0 Å². The maximum atomic E-state index is 12.9. The molecule has 0 atom stereocenters. The van der Waals surface area contributed by atoms with E-state index < -0.39 is 0 Å². The monoisotopic (exact) mass is 532 g/mol. The van der Waals surface area contributed by atoms with Crippen molar-refractivity contribution in [1.29, 1.82) is 0 Å². The van der Waals surface area contributed by atoms with Crippen molar-refractivity contribution < 1.29 is 14.4 Å². The molecule has 0 bridgehead atoms.